The Hall–Kier alpha value is -2.30. The topological polar surface area (TPSA) is 74.3 Å². The minimum atomic E-state index is -0.646. The quantitative estimate of drug-likeness (QED) is 0.642. The number of benzene rings is 1. The van der Waals surface area contributed by atoms with Crippen molar-refractivity contribution in [3.05, 3.63) is 40.2 Å². The van der Waals surface area contributed by atoms with E-state index < -0.39 is 5.97 Å². The lowest BCUT2D eigenvalue weighted by atomic mass is 10.1. The number of methoxy groups -OCH3 is 1. The van der Waals surface area contributed by atoms with Crippen molar-refractivity contribution >= 4 is 22.6 Å². The highest BCUT2D eigenvalue weighted by Crippen LogP contribution is 2.20. The van der Waals surface area contributed by atoms with Gasteiger partial charge >= 0.3 is 5.97 Å². The fourth-order valence-electron chi connectivity index (χ4n) is 1.99. The molecule has 94 valence electrons. The Morgan fingerprint density at radius 3 is 2.78 bits per heavy atom. The van der Waals surface area contributed by atoms with E-state index in [1.54, 1.807) is 18.2 Å². The van der Waals surface area contributed by atoms with Crippen molar-refractivity contribution in [1.82, 2.24) is 4.57 Å². The molecule has 0 aliphatic heterocycles. The standard InChI is InChI=1S/C13H14N2O3/c1-3-15-11-6-4-5-10(14)8(11)7-9(12(15)16)13(17)18-2/h4-7H,3,14H2,1-2H3. The van der Waals surface area contributed by atoms with Crippen LogP contribution in [0.25, 0.3) is 10.9 Å². The van der Waals surface area contributed by atoms with E-state index in [1.807, 2.05) is 6.92 Å². The van der Waals surface area contributed by atoms with Gasteiger partial charge in [0.15, 0.2) is 0 Å². The Morgan fingerprint density at radius 1 is 1.44 bits per heavy atom. The van der Waals surface area contributed by atoms with Crippen molar-refractivity contribution in [2.75, 3.05) is 12.8 Å². The van der Waals surface area contributed by atoms with Gasteiger partial charge in [-0.05, 0) is 25.1 Å². The van der Waals surface area contributed by atoms with Crippen LogP contribution >= 0.6 is 0 Å². The molecule has 5 heteroatoms. The van der Waals surface area contributed by atoms with Crippen LogP contribution in [0.5, 0.6) is 0 Å². The summed E-state index contributed by atoms with van der Waals surface area (Å²) < 4.78 is 6.12. The van der Waals surface area contributed by atoms with Crippen LogP contribution < -0.4 is 11.3 Å². The Balaban J connectivity index is 2.92. The highest BCUT2D eigenvalue weighted by Gasteiger charge is 2.16. The number of pyridine rings is 1. The molecule has 0 aliphatic rings. The molecule has 2 rings (SSSR count). The highest BCUT2D eigenvalue weighted by atomic mass is 16.5. The van der Waals surface area contributed by atoms with Crippen molar-refractivity contribution in [3.8, 4) is 0 Å². The monoisotopic (exact) mass is 246 g/mol. The third-order valence-corrected chi connectivity index (χ3v) is 2.89. The minimum absolute atomic E-state index is 0.00440. The van der Waals surface area contributed by atoms with Gasteiger partial charge in [0.2, 0.25) is 0 Å². The van der Waals surface area contributed by atoms with Gasteiger partial charge in [-0.1, -0.05) is 6.07 Å². The van der Waals surface area contributed by atoms with Crippen molar-refractivity contribution in [3.63, 3.8) is 0 Å². The molecule has 1 aromatic carbocycles. The maximum atomic E-state index is 12.1. The summed E-state index contributed by atoms with van der Waals surface area (Å²) in [5.74, 6) is -0.646. The summed E-state index contributed by atoms with van der Waals surface area (Å²) in [5.41, 5.74) is 6.76. The van der Waals surface area contributed by atoms with Gasteiger partial charge in [-0.15, -0.1) is 0 Å². The number of aryl methyl sites for hydroxylation is 1. The van der Waals surface area contributed by atoms with Gasteiger partial charge < -0.3 is 15.0 Å². The molecule has 2 N–H and O–H groups in total. The number of nitrogens with two attached hydrogens (primary N) is 1. The molecule has 0 amide bonds. The van der Waals surface area contributed by atoms with Crippen LogP contribution in [0.2, 0.25) is 0 Å². The van der Waals surface area contributed by atoms with E-state index in [0.29, 0.717) is 17.6 Å². The van der Waals surface area contributed by atoms with Crippen LogP contribution in [0.4, 0.5) is 5.69 Å². The van der Waals surface area contributed by atoms with Crippen molar-refractivity contribution in [2.24, 2.45) is 0 Å². The second-order valence-corrected chi connectivity index (χ2v) is 3.88. The molecule has 1 heterocycles. The van der Waals surface area contributed by atoms with E-state index in [0.717, 1.165) is 5.52 Å². The van der Waals surface area contributed by atoms with Crippen molar-refractivity contribution < 1.29 is 9.53 Å². The molecular formula is C13H14N2O3. The van der Waals surface area contributed by atoms with Crippen LogP contribution in [-0.2, 0) is 11.3 Å². The SMILES string of the molecule is CCn1c(=O)c(C(=O)OC)cc2c(N)cccc21. The summed E-state index contributed by atoms with van der Waals surface area (Å²) in [7, 11) is 1.25. The first-order chi connectivity index (χ1) is 8.60. The number of hydrogen-bond donors (Lipinski definition) is 1. The minimum Gasteiger partial charge on any atom is -0.465 e. The molecule has 2 aromatic rings. The summed E-state index contributed by atoms with van der Waals surface area (Å²) in [6.45, 7) is 2.30. The zero-order valence-electron chi connectivity index (χ0n) is 10.3. The Labute approximate surface area is 104 Å². The number of hydrogen-bond acceptors (Lipinski definition) is 4. The summed E-state index contributed by atoms with van der Waals surface area (Å²) >= 11 is 0. The number of carbonyl (C=O) groups is 1. The first-order valence-electron chi connectivity index (χ1n) is 5.60. The molecule has 0 atom stereocenters. The fraction of sp³-hybridized carbons (Fsp3) is 0.231. The molecule has 0 aliphatic carbocycles. The van der Waals surface area contributed by atoms with Crippen LogP contribution in [0.1, 0.15) is 17.3 Å². The van der Waals surface area contributed by atoms with Gasteiger partial charge in [-0.25, -0.2) is 4.79 Å². The first kappa shape index (κ1) is 12.2. The average Bonchev–Trinajstić information content (AvgIpc) is 2.38. The van der Waals surface area contributed by atoms with Gasteiger partial charge in [0, 0.05) is 17.6 Å². The summed E-state index contributed by atoms with van der Waals surface area (Å²) in [5, 5.41) is 0.680. The number of nitrogen functional groups attached to an aromatic ring is 1. The molecule has 0 unspecified atom stereocenters. The summed E-state index contributed by atoms with van der Waals surface area (Å²) in [6.07, 6.45) is 0. The molecule has 1 aromatic heterocycles. The number of anilines is 1. The van der Waals surface area contributed by atoms with Gasteiger partial charge in [-0.3, -0.25) is 4.79 Å². The number of carbonyl (C=O) groups excluding carboxylic acids is 1. The van der Waals surface area contributed by atoms with Gasteiger partial charge in [0.05, 0.1) is 12.6 Å². The number of ether oxygens (including phenoxy) is 1. The average molecular weight is 246 g/mol. The molecule has 0 bridgehead atoms. The number of nitrogens with zero attached hydrogens (tertiary/aromatic N) is 1. The molecule has 0 radical (unpaired) electrons. The Bertz CT molecular complexity index is 674. The van der Waals surface area contributed by atoms with E-state index in [4.69, 9.17) is 5.73 Å². The van der Waals surface area contributed by atoms with Crippen LogP contribution in [0.15, 0.2) is 29.1 Å². The second-order valence-electron chi connectivity index (χ2n) is 3.88. The number of rotatable bonds is 2. The first-order valence-corrected chi connectivity index (χ1v) is 5.60. The maximum Gasteiger partial charge on any atom is 0.343 e. The molecule has 5 nitrogen and oxygen atoms in total. The molecular weight excluding hydrogens is 232 g/mol. The smallest absolute Gasteiger partial charge is 0.343 e. The summed E-state index contributed by atoms with van der Waals surface area (Å²) in [4.78, 5) is 23.7. The zero-order chi connectivity index (χ0) is 13.3. The number of aromatic nitrogens is 1. The third kappa shape index (κ3) is 1.73. The van der Waals surface area contributed by atoms with E-state index in [-0.39, 0.29) is 11.1 Å². The van der Waals surface area contributed by atoms with Crippen molar-refractivity contribution in [1.29, 1.82) is 0 Å². The number of esters is 1. The van der Waals surface area contributed by atoms with E-state index in [9.17, 15) is 9.59 Å². The predicted molar refractivity (Wildman–Crippen MR) is 69.6 cm³/mol. The van der Waals surface area contributed by atoms with Crippen LogP contribution in [-0.4, -0.2) is 17.6 Å². The second kappa shape index (κ2) is 4.52. The maximum absolute atomic E-state index is 12.1. The lowest BCUT2D eigenvalue weighted by Crippen LogP contribution is -2.26. The molecule has 0 saturated carbocycles. The van der Waals surface area contributed by atoms with E-state index in [1.165, 1.54) is 17.7 Å². The Morgan fingerprint density at radius 2 is 2.17 bits per heavy atom. The van der Waals surface area contributed by atoms with Gasteiger partial charge in [0.1, 0.15) is 5.56 Å². The highest BCUT2D eigenvalue weighted by molar-refractivity contribution is 5.97. The molecule has 0 fully saturated rings. The number of fused-ring (bicyclic) bond motifs is 1. The van der Waals surface area contributed by atoms with Crippen LogP contribution in [0, 0.1) is 0 Å². The normalized spacial score (nSPS) is 10.6. The van der Waals surface area contributed by atoms with Gasteiger partial charge in [-0.2, -0.15) is 0 Å². The van der Waals surface area contributed by atoms with Gasteiger partial charge in [0.25, 0.3) is 5.56 Å². The lowest BCUT2D eigenvalue weighted by Gasteiger charge is -2.11. The largest absolute Gasteiger partial charge is 0.465 e. The third-order valence-electron chi connectivity index (χ3n) is 2.89. The molecule has 0 saturated heterocycles. The fourth-order valence-corrected chi connectivity index (χ4v) is 1.99. The lowest BCUT2D eigenvalue weighted by molar-refractivity contribution is 0.0598. The molecule has 0 spiro atoms. The molecule has 18 heavy (non-hydrogen) atoms. The van der Waals surface area contributed by atoms with E-state index in [2.05, 4.69) is 4.74 Å². The summed E-state index contributed by atoms with van der Waals surface area (Å²) in [6, 6.07) is 6.80. The zero-order valence-corrected chi connectivity index (χ0v) is 10.3. The Kier molecular flexibility index (Phi) is 3.06. The predicted octanol–water partition coefficient (Wildman–Crippen LogP) is 1.39. The van der Waals surface area contributed by atoms with E-state index >= 15 is 0 Å². The van der Waals surface area contributed by atoms with Crippen LogP contribution in [0.3, 0.4) is 0 Å². The van der Waals surface area contributed by atoms with Crippen molar-refractivity contribution in [2.45, 2.75) is 13.5 Å².